The molecule has 0 spiro atoms. The van der Waals surface area contributed by atoms with Crippen LogP contribution in [0.1, 0.15) is 49.4 Å². The summed E-state index contributed by atoms with van der Waals surface area (Å²) >= 11 is 0. The Morgan fingerprint density at radius 3 is 2.35 bits per heavy atom. The van der Waals surface area contributed by atoms with E-state index < -0.39 is 12.0 Å². The van der Waals surface area contributed by atoms with Gasteiger partial charge in [-0.3, -0.25) is 4.79 Å². The van der Waals surface area contributed by atoms with Crippen molar-refractivity contribution in [2.24, 2.45) is 5.92 Å². The van der Waals surface area contributed by atoms with Crippen LogP contribution in [0.5, 0.6) is 0 Å². The molecule has 136 valence electrons. The van der Waals surface area contributed by atoms with Gasteiger partial charge in [-0.1, -0.05) is 68.4 Å². The van der Waals surface area contributed by atoms with Gasteiger partial charge in [0.1, 0.15) is 12.6 Å². The van der Waals surface area contributed by atoms with E-state index in [0.29, 0.717) is 5.92 Å². The van der Waals surface area contributed by atoms with E-state index in [9.17, 15) is 9.59 Å². The van der Waals surface area contributed by atoms with E-state index in [1.165, 1.54) is 10.5 Å². The van der Waals surface area contributed by atoms with Crippen LogP contribution in [0.25, 0.3) is 0 Å². The second kappa shape index (κ2) is 7.73. The zero-order chi connectivity index (χ0) is 18.7. The molecular weight excluding hydrogens is 326 g/mol. The Labute approximate surface area is 154 Å². The Morgan fingerprint density at radius 1 is 1.08 bits per heavy atom. The van der Waals surface area contributed by atoms with E-state index in [0.717, 1.165) is 17.5 Å². The number of benzene rings is 2. The third kappa shape index (κ3) is 3.79. The van der Waals surface area contributed by atoms with Gasteiger partial charge < -0.3 is 4.74 Å². The van der Waals surface area contributed by atoms with Crippen LogP contribution >= 0.6 is 0 Å². The van der Waals surface area contributed by atoms with E-state index >= 15 is 0 Å². The lowest BCUT2D eigenvalue weighted by molar-refractivity contribution is -0.130. The molecule has 1 heterocycles. The van der Waals surface area contributed by atoms with Crippen molar-refractivity contribution in [3.05, 3.63) is 71.3 Å². The number of ether oxygens (including phenoxy) is 1. The minimum Gasteiger partial charge on any atom is -0.446 e. The fourth-order valence-corrected chi connectivity index (χ4v) is 3.35. The van der Waals surface area contributed by atoms with Gasteiger partial charge in [0.05, 0.1) is 5.92 Å². The van der Waals surface area contributed by atoms with Gasteiger partial charge in [-0.25, -0.2) is 9.69 Å². The van der Waals surface area contributed by atoms with Crippen LogP contribution in [0, 0.1) is 5.92 Å². The van der Waals surface area contributed by atoms with Crippen LogP contribution < -0.4 is 0 Å². The number of hydrogen-bond donors (Lipinski definition) is 0. The summed E-state index contributed by atoms with van der Waals surface area (Å²) in [6.45, 7) is 6.41. The van der Waals surface area contributed by atoms with Gasteiger partial charge in [0.2, 0.25) is 5.91 Å². The number of rotatable bonds is 5. The van der Waals surface area contributed by atoms with Crippen molar-refractivity contribution in [1.29, 1.82) is 0 Å². The standard InChI is InChI=1S/C22H25NO3/c1-15(2)13-17-9-11-18(12-10-17)16(3)21(24)23-20(14-26-22(23)25)19-7-5-4-6-8-19/h4-12,15-16,20H,13-14H2,1-3H3/t16-,20+/m1/s1. The molecule has 0 aliphatic carbocycles. The normalized spacial score (nSPS) is 18.1. The van der Waals surface area contributed by atoms with Crippen LogP contribution in [-0.2, 0) is 16.0 Å². The summed E-state index contributed by atoms with van der Waals surface area (Å²) in [6.07, 6.45) is 0.448. The highest BCUT2D eigenvalue weighted by atomic mass is 16.6. The number of nitrogens with zero attached hydrogens (tertiary/aromatic N) is 1. The zero-order valence-electron chi connectivity index (χ0n) is 15.5. The van der Waals surface area contributed by atoms with Crippen molar-refractivity contribution in [3.8, 4) is 0 Å². The van der Waals surface area contributed by atoms with E-state index in [1.807, 2.05) is 49.4 Å². The predicted molar refractivity (Wildman–Crippen MR) is 101 cm³/mol. The topological polar surface area (TPSA) is 46.6 Å². The molecule has 1 aliphatic rings. The predicted octanol–water partition coefficient (Wildman–Crippen LogP) is 4.71. The van der Waals surface area contributed by atoms with Crippen LogP contribution in [0.15, 0.2) is 54.6 Å². The lowest BCUT2D eigenvalue weighted by Crippen LogP contribution is -2.37. The Kier molecular flexibility index (Phi) is 5.40. The molecule has 0 unspecified atom stereocenters. The first-order valence-corrected chi connectivity index (χ1v) is 9.11. The number of carbonyl (C=O) groups excluding carboxylic acids is 2. The van der Waals surface area contributed by atoms with E-state index in [2.05, 4.69) is 26.0 Å². The average Bonchev–Trinajstić information content (AvgIpc) is 3.03. The molecule has 1 aliphatic heterocycles. The highest BCUT2D eigenvalue weighted by molar-refractivity contribution is 5.97. The number of imide groups is 1. The van der Waals surface area contributed by atoms with Crippen LogP contribution in [-0.4, -0.2) is 23.5 Å². The van der Waals surface area contributed by atoms with E-state index in [4.69, 9.17) is 4.74 Å². The first kappa shape index (κ1) is 18.2. The molecular formula is C22H25NO3. The van der Waals surface area contributed by atoms with E-state index in [1.54, 1.807) is 0 Å². The SMILES string of the molecule is CC(C)Cc1ccc([C@@H](C)C(=O)N2C(=O)OC[C@H]2c2ccccc2)cc1. The van der Waals surface area contributed by atoms with Crippen molar-refractivity contribution < 1.29 is 14.3 Å². The highest BCUT2D eigenvalue weighted by Gasteiger charge is 2.40. The van der Waals surface area contributed by atoms with Gasteiger partial charge in [0.25, 0.3) is 0 Å². The molecule has 0 radical (unpaired) electrons. The van der Waals surface area contributed by atoms with Crippen molar-refractivity contribution in [1.82, 2.24) is 4.90 Å². The third-order valence-corrected chi connectivity index (χ3v) is 4.79. The van der Waals surface area contributed by atoms with Gasteiger partial charge in [0.15, 0.2) is 0 Å². The number of carbonyl (C=O) groups is 2. The smallest absolute Gasteiger partial charge is 0.417 e. The Balaban J connectivity index is 1.79. The Morgan fingerprint density at radius 2 is 1.73 bits per heavy atom. The summed E-state index contributed by atoms with van der Waals surface area (Å²) in [6, 6.07) is 17.3. The lowest BCUT2D eigenvalue weighted by Gasteiger charge is -2.23. The molecule has 26 heavy (non-hydrogen) atoms. The fraction of sp³-hybridized carbons (Fsp3) is 0.364. The molecule has 0 bridgehead atoms. The summed E-state index contributed by atoms with van der Waals surface area (Å²) in [4.78, 5) is 26.5. The van der Waals surface area contributed by atoms with Gasteiger partial charge in [0, 0.05) is 0 Å². The van der Waals surface area contributed by atoms with Gasteiger partial charge in [-0.15, -0.1) is 0 Å². The maximum absolute atomic E-state index is 13.0. The lowest BCUT2D eigenvalue weighted by atomic mass is 9.95. The second-order valence-corrected chi connectivity index (χ2v) is 7.27. The summed E-state index contributed by atoms with van der Waals surface area (Å²) in [5.74, 6) is -0.0381. The molecule has 0 N–H and O–H groups in total. The van der Waals surface area contributed by atoms with Crippen molar-refractivity contribution in [2.75, 3.05) is 6.61 Å². The Hall–Kier alpha value is -2.62. The molecule has 2 atom stereocenters. The molecule has 4 nitrogen and oxygen atoms in total. The Bertz CT molecular complexity index is 768. The quantitative estimate of drug-likeness (QED) is 0.784. The fourth-order valence-electron chi connectivity index (χ4n) is 3.35. The van der Waals surface area contributed by atoms with Crippen molar-refractivity contribution in [2.45, 2.75) is 39.2 Å². The summed E-state index contributed by atoms with van der Waals surface area (Å²) < 4.78 is 5.17. The summed E-state index contributed by atoms with van der Waals surface area (Å²) in [5, 5.41) is 0. The molecule has 2 aromatic rings. The first-order chi connectivity index (χ1) is 12.5. The monoisotopic (exact) mass is 351 g/mol. The maximum atomic E-state index is 13.0. The molecule has 1 saturated heterocycles. The maximum Gasteiger partial charge on any atom is 0.417 e. The average molecular weight is 351 g/mol. The van der Waals surface area contributed by atoms with Crippen LogP contribution in [0.2, 0.25) is 0 Å². The summed E-state index contributed by atoms with van der Waals surface area (Å²) in [7, 11) is 0. The van der Waals surface area contributed by atoms with Gasteiger partial charge in [-0.2, -0.15) is 0 Å². The summed E-state index contributed by atoms with van der Waals surface area (Å²) in [5.41, 5.74) is 3.08. The molecule has 4 heteroatoms. The molecule has 2 aromatic carbocycles. The molecule has 1 fully saturated rings. The van der Waals surface area contributed by atoms with Crippen LogP contribution in [0.4, 0.5) is 4.79 Å². The number of cyclic esters (lactones) is 1. The molecule has 0 aromatic heterocycles. The van der Waals surface area contributed by atoms with Gasteiger partial charge >= 0.3 is 6.09 Å². The third-order valence-electron chi connectivity index (χ3n) is 4.79. The zero-order valence-corrected chi connectivity index (χ0v) is 15.5. The first-order valence-electron chi connectivity index (χ1n) is 9.11. The largest absolute Gasteiger partial charge is 0.446 e. The molecule has 0 saturated carbocycles. The number of amides is 2. The minimum atomic E-state index is -0.563. The number of hydrogen-bond acceptors (Lipinski definition) is 3. The second-order valence-electron chi connectivity index (χ2n) is 7.27. The van der Waals surface area contributed by atoms with Gasteiger partial charge in [-0.05, 0) is 36.0 Å². The van der Waals surface area contributed by atoms with Crippen molar-refractivity contribution >= 4 is 12.0 Å². The minimum absolute atomic E-state index is 0.203. The van der Waals surface area contributed by atoms with Crippen LogP contribution in [0.3, 0.4) is 0 Å². The van der Waals surface area contributed by atoms with E-state index in [-0.39, 0.29) is 18.6 Å². The molecule has 3 rings (SSSR count). The highest BCUT2D eigenvalue weighted by Crippen LogP contribution is 2.31. The van der Waals surface area contributed by atoms with Crippen molar-refractivity contribution in [3.63, 3.8) is 0 Å². The molecule has 2 amide bonds.